The Balaban J connectivity index is 2.60. The summed E-state index contributed by atoms with van der Waals surface area (Å²) in [7, 11) is 0. The first-order valence-corrected chi connectivity index (χ1v) is 7.77. The first-order chi connectivity index (χ1) is 10.5. The van der Waals surface area contributed by atoms with Crippen LogP contribution in [0.2, 0.25) is 5.02 Å². The van der Waals surface area contributed by atoms with Crippen LogP contribution < -0.4 is 4.90 Å². The number of rotatable bonds is 4. The Morgan fingerprint density at radius 2 is 1.68 bits per heavy atom. The number of halogens is 2. The Kier molecular flexibility index (Phi) is 5.28. The molecule has 0 N–H and O–H groups in total. The lowest BCUT2D eigenvalue weighted by atomic mass is 10.0. The van der Waals surface area contributed by atoms with E-state index in [9.17, 15) is 4.79 Å². The standard InChI is InChI=1S/C18H17Cl2NO/c1-12-7-6-8-13(2)18(12)21(17(22)11-19)14(3)15-9-4-5-10-16(15)20/h4-10H,3,11H2,1-2H3. The molecule has 0 bridgehead atoms. The van der Waals surface area contributed by atoms with Crippen molar-refractivity contribution in [3.05, 3.63) is 70.8 Å². The van der Waals surface area contributed by atoms with Crippen molar-refractivity contribution in [3.8, 4) is 0 Å². The van der Waals surface area contributed by atoms with Crippen molar-refractivity contribution in [1.29, 1.82) is 0 Å². The highest BCUT2D eigenvalue weighted by Crippen LogP contribution is 2.33. The van der Waals surface area contributed by atoms with Crippen LogP contribution >= 0.6 is 23.2 Å². The fraction of sp³-hybridized carbons (Fsp3) is 0.167. The number of amides is 1. The summed E-state index contributed by atoms with van der Waals surface area (Å²) in [6, 6.07) is 13.2. The fourth-order valence-corrected chi connectivity index (χ4v) is 2.81. The van der Waals surface area contributed by atoms with Gasteiger partial charge in [-0.15, -0.1) is 11.6 Å². The van der Waals surface area contributed by atoms with Gasteiger partial charge in [-0.25, -0.2) is 0 Å². The lowest BCUT2D eigenvalue weighted by Crippen LogP contribution is -2.31. The number of carbonyl (C=O) groups excluding carboxylic acids is 1. The van der Waals surface area contributed by atoms with E-state index in [1.807, 2.05) is 50.2 Å². The van der Waals surface area contributed by atoms with E-state index in [0.717, 1.165) is 16.8 Å². The third-order valence-electron chi connectivity index (χ3n) is 3.48. The van der Waals surface area contributed by atoms with Gasteiger partial charge in [0.25, 0.3) is 0 Å². The summed E-state index contributed by atoms with van der Waals surface area (Å²) in [5.41, 5.74) is 4.00. The van der Waals surface area contributed by atoms with Crippen LogP contribution in [0, 0.1) is 13.8 Å². The molecule has 2 aromatic rings. The second-order valence-electron chi connectivity index (χ2n) is 5.03. The summed E-state index contributed by atoms with van der Waals surface area (Å²) in [6.45, 7) is 7.99. The number of carbonyl (C=O) groups is 1. The first kappa shape index (κ1) is 16.6. The van der Waals surface area contributed by atoms with Gasteiger partial charge in [-0.2, -0.15) is 0 Å². The normalized spacial score (nSPS) is 10.4. The van der Waals surface area contributed by atoms with E-state index in [1.165, 1.54) is 0 Å². The fourth-order valence-electron chi connectivity index (χ4n) is 2.44. The smallest absolute Gasteiger partial charge is 0.246 e. The van der Waals surface area contributed by atoms with Crippen LogP contribution in [0.15, 0.2) is 49.0 Å². The minimum atomic E-state index is -0.232. The SMILES string of the molecule is C=C(c1ccccc1Cl)N(C(=O)CCl)c1c(C)cccc1C. The Hall–Kier alpha value is -1.77. The van der Waals surface area contributed by atoms with E-state index in [4.69, 9.17) is 23.2 Å². The highest BCUT2D eigenvalue weighted by molar-refractivity contribution is 6.34. The topological polar surface area (TPSA) is 20.3 Å². The Morgan fingerprint density at radius 1 is 1.09 bits per heavy atom. The van der Waals surface area contributed by atoms with Crippen molar-refractivity contribution >= 4 is 40.5 Å². The molecule has 0 unspecified atom stereocenters. The molecule has 2 rings (SSSR count). The molecular formula is C18H17Cl2NO. The van der Waals surface area contributed by atoms with Crippen molar-refractivity contribution in [2.24, 2.45) is 0 Å². The molecule has 0 heterocycles. The van der Waals surface area contributed by atoms with Crippen LogP contribution in [0.4, 0.5) is 5.69 Å². The van der Waals surface area contributed by atoms with E-state index in [1.54, 1.807) is 11.0 Å². The molecule has 0 aliphatic carbocycles. The Bertz CT molecular complexity index is 705. The first-order valence-electron chi connectivity index (χ1n) is 6.86. The number of anilines is 1. The zero-order valence-electron chi connectivity index (χ0n) is 12.6. The summed E-state index contributed by atoms with van der Waals surface area (Å²) in [5.74, 6) is -0.360. The molecule has 0 aliphatic rings. The van der Waals surface area contributed by atoms with Crippen LogP contribution in [-0.2, 0) is 4.79 Å². The van der Waals surface area contributed by atoms with Gasteiger partial charge in [0.15, 0.2) is 0 Å². The summed E-state index contributed by atoms with van der Waals surface area (Å²) >= 11 is 12.1. The maximum absolute atomic E-state index is 12.4. The largest absolute Gasteiger partial charge is 0.279 e. The van der Waals surface area contributed by atoms with Crippen molar-refractivity contribution in [2.45, 2.75) is 13.8 Å². The molecule has 2 aromatic carbocycles. The molecule has 0 aliphatic heterocycles. The summed E-state index contributed by atoms with van der Waals surface area (Å²) < 4.78 is 0. The highest BCUT2D eigenvalue weighted by atomic mass is 35.5. The molecule has 114 valence electrons. The lowest BCUT2D eigenvalue weighted by molar-refractivity contribution is -0.115. The molecule has 0 atom stereocenters. The van der Waals surface area contributed by atoms with Crippen LogP contribution in [0.1, 0.15) is 16.7 Å². The maximum Gasteiger partial charge on any atom is 0.246 e. The molecule has 1 amide bonds. The number of nitrogens with zero attached hydrogens (tertiary/aromatic N) is 1. The number of para-hydroxylation sites is 1. The number of aryl methyl sites for hydroxylation is 2. The third-order valence-corrected chi connectivity index (χ3v) is 4.04. The number of hydrogen-bond donors (Lipinski definition) is 0. The Labute approximate surface area is 141 Å². The van der Waals surface area contributed by atoms with Gasteiger partial charge in [0.05, 0.1) is 11.4 Å². The minimum Gasteiger partial charge on any atom is -0.279 e. The van der Waals surface area contributed by atoms with E-state index in [-0.39, 0.29) is 11.8 Å². The molecular weight excluding hydrogens is 317 g/mol. The zero-order valence-corrected chi connectivity index (χ0v) is 14.1. The average Bonchev–Trinajstić information content (AvgIpc) is 2.50. The van der Waals surface area contributed by atoms with E-state index in [2.05, 4.69) is 6.58 Å². The van der Waals surface area contributed by atoms with E-state index < -0.39 is 0 Å². The third kappa shape index (κ3) is 3.18. The van der Waals surface area contributed by atoms with Crippen LogP contribution in [0.25, 0.3) is 5.70 Å². The van der Waals surface area contributed by atoms with Gasteiger partial charge in [0.2, 0.25) is 5.91 Å². The summed E-state index contributed by atoms with van der Waals surface area (Å²) in [5, 5.41) is 0.547. The lowest BCUT2D eigenvalue weighted by Gasteiger charge is -2.28. The van der Waals surface area contributed by atoms with Gasteiger partial charge in [0.1, 0.15) is 5.88 Å². The summed E-state index contributed by atoms with van der Waals surface area (Å²) in [6.07, 6.45) is 0. The molecule has 4 heteroatoms. The maximum atomic E-state index is 12.4. The molecule has 0 saturated carbocycles. The molecule has 0 spiro atoms. The highest BCUT2D eigenvalue weighted by Gasteiger charge is 2.23. The van der Waals surface area contributed by atoms with Crippen molar-refractivity contribution < 1.29 is 4.79 Å². The predicted molar refractivity (Wildman–Crippen MR) is 94.6 cm³/mol. The van der Waals surface area contributed by atoms with Crippen molar-refractivity contribution in [2.75, 3.05) is 10.8 Å². The molecule has 0 fully saturated rings. The monoisotopic (exact) mass is 333 g/mol. The molecule has 0 radical (unpaired) electrons. The number of benzene rings is 2. The second-order valence-corrected chi connectivity index (χ2v) is 5.70. The Morgan fingerprint density at radius 3 is 2.23 bits per heavy atom. The van der Waals surface area contributed by atoms with Gasteiger partial charge >= 0.3 is 0 Å². The van der Waals surface area contributed by atoms with Gasteiger partial charge < -0.3 is 0 Å². The van der Waals surface area contributed by atoms with Gasteiger partial charge in [-0.3, -0.25) is 9.69 Å². The van der Waals surface area contributed by atoms with Gasteiger partial charge in [0, 0.05) is 10.6 Å². The van der Waals surface area contributed by atoms with E-state index >= 15 is 0 Å². The molecule has 22 heavy (non-hydrogen) atoms. The van der Waals surface area contributed by atoms with Crippen LogP contribution in [0.5, 0.6) is 0 Å². The van der Waals surface area contributed by atoms with Gasteiger partial charge in [-0.05, 0) is 31.0 Å². The zero-order chi connectivity index (χ0) is 16.3. The minimum absolute atomic E-state index is 0.128. The van der Waals surface area contributed by atoms with Crippen LogP contribution in [0.3, 0.4) is 0 Å². The predicted octanol–water partition coefficient (Wildman–Crippen LogP) is 5.20. The second kappa shape index (κ2) is 6.99. The molecule has 2 nitrogen and oxygen atoms in total. The van der Waals surface area contributed by atoms with Gasteiger partial charge in [-0.1, -0.05) is 54.6 Å². The average molecular weight is 334 g/mol. The number of hydrogen-bond acceptors (Lipinski definition) is 1. The van der Waals surface area contributed by atoms with Crippen molar-refractivity contribution in [3.63, 3.8) is 0 Å². The number of alkyl halides is 1. The van der Waals surface area contributed by atoms with E-state index in [0.29, 0.717) is 16.3 Å². The quantitative estimate of drug-likeness (QED) is 0.704. The van der Waals surface area contributed by atoms with Crippen molar-refractivity contribution in [1.82, 2.24) is 0 Å². The molecule has 0 saturated heterocycles. The molecule has 0 aromatic heterocycles. The van der Waals surface area contributed by atoms with Crippen LogP contribution in [-0.4, -0.2) is 11.8 Å². The summed E-state index contributed by atoms with van der Waals surface area (Å²) in [4.78, 5) is 14.0.